The van der Waals surface area contributed by atoms with E-state index in [1.165, 1.54) is 60.0 Å². The highest BCUT2D eigenvalue weighted by molar-refractivity contribution is 7.80. The van der Waals surface area contributed by atoms with Crippen LogP contribution >= 0.6 is 0 Å². The number of carbonyl (C=O) groups is 1. The lowest BCUT2D eigenvalue weighted by Crippen LogP contribution is -2.66. The van der Waals surface area contributed by atoms with Crippen LogP contribution in [0.1, 0.15) is 74.2 Å². The number of para-hydroxylation sites is 1. The summed E-state index contributed by atoms with van der Waals surface area (Å²) in [6.07, 6.45) is 6.08. The Bertz CT molecular complexity index is 1500. The summed E-state index contributed by atoms with van der Waals surface area (Å²) < 4.78 is 28.1. The second-order valence-corrected chi connectivity index (χ2v) is 13.4. The van der Waals surface area contributed by atoms with E-state index in [2.05, 4.69) is 57.1 Å². The van der Waals surface area contributed by atoms with Crippen molar-refractivity contribution in [3.05, 3.63) is 53.6 Å². The number of hydrogen-bond donors (Lipinski definition) is 1. The van der Waals surface area contributed by atoms with Crippen molar-refractivity contribution in [3.8, 4) is 11.3 Å². The van der Waals surface area contributed by atoms with Gasteiger partial charge in [-0.05, 0) is 81.0 Å². The lowest BCUT2D eigenvalue weighted by atomic mass is 9.81. The molecule has 220 valence electrons. The maximum atomic E-state index is 13.8. The average Bonchev–Trinajstić information content (AvgIpc) is 3.25. The topological polar surface area (TPSA) is 83.9 Å². The minimum atomic E-state index is -2.58. The molecule has 1 amide bonds. The first kappa shape index (κ1) is 28.4. The van der Waals surface area contributed by atoms with Gasteiger partial charge in [0.25, 0.3) is 5.91 Å². The number of rotatable bonds is 3. The van der Waals surface area contributed by atoms with Crippen LogP contribution in [0.5, 0.6) is 0 Å². The van der Waals surface area contributed by atoms with Gasteiger partial charge in [-0.1, -0.05) is 50.5 Å². The van der Waals surface area contributed by atoms with Gasteiger partial charge in [0.15, 0.2) is 4.99 Å². The molecule has 3 heterocycles. The van der Waals surface area contributed by atoms with E-state index in [-0.39, 0.29) is 24.5 Å². The smallest absolute Gasteiger partial charge is 0.253 e. The molecular weight excluding hydrogens is 534 g/mol. The number of nitrogens with one attached hydrogen (secondary N) is 1. The lowest BCUT2D eigenvalue weighted by Gasteiger charge is -2.48. The summed E-state index contributed by atoms with van der Waals surface area (Å²) in [4.78, 5) is 18.7. The van der Waals surface area contributed by atoms with Crippen molar-refractivity contribution in [2.75, 3.05) is 32.6 Å². The first-order valence-corrected chi connectivity index (χ1v) is 16.1. The molecule has 0 spiro atoms. The van der Waals surface area contributed by atoms with Gasteiger partial charge in [0.05, 0.1) is 17.9 Å². The van der Waals surface area contributed by atoms with E-state index in [9.17, 15) is 13.6 Å². The van der Waals surface area contributed by atoms with Crippen molar-refractivity contribution in [2.45, 2.75) is 82.0 Å². The Labute approximate surface area is 246 Å². The molecule has 3 aromatic rings. The number of aromatic nitrogens is 1. The number of amides is 1. The van der Waals surface area contributed by atoms with Gasteiger partial charge < -0.3 is 19.3 Å². The van der Waals surface area contributed by atoms with Gasteiger partial charge in [0.2, 0.25) is 0 Å². The van der Waals surface area contributed by atoms with E-state index in [1.807, 2.05) is 26.1 Å². The first-order valence-electron chi connectivity index (χ1n) is 15.0. The Hall–Kier alpha value is -2.72. The number of anilines is 1. The number of nitrogens with zero attached hydrogens (tertiary/aromatic N) is 4. The van der Waals surface area contributed by atoms with Crippen LogP contribution in [0.15, 0.2) is 42.5 Å². The van der Waals surface area contributed by atoms with E-state index in [0.717, 1.165) is 12.1 Å². The summed E-state index contributed by atoms with van der Waals surface area (Å²) in [5, 5.41) is 4.15. The molecule has 1 aromatic heterocycles. The van der Waals surface area contributed by atoms with Crippen LogP contribution in [0.25, 0.3) is 22.2 Å². The molecule has 3 aliphatic rings. The summed E-state index contributed by atoms with van der Waals surface area (Å²) in [5.74, 6) is 0.0966. The molecule has 2 aliphatic heterocycles. The van der Waals surface area contributed by atoms with Crippen LogP contribution in [-0.2, 0) is 17.6 Å². The second-order valence-electron chi connectivity index (χ2n) is 12.2. The highest BCUT2D eigenvalue weighted by atomic mass is 32.2. The minimum absolute atomic E-state index is 0.120. The van der Waals surface area contributed by atoms with Crippen molar-refractivity contribution in [3.63, 3.8) is 0 Å². The van der Waals surface area contributed by atoms with Crippen LogP contribution in [-0.4, -0.2) is 73.9 Å². The normalized spacial score (nSPS) is 27.2. The molecule has 2 aromatic carbocycles. The first-order chi connectivity index (χ1) is 19.7. The molecule has 4 atom stereocenters. The fourth-order valence-electron chi connectivity index (χ4n) is 7.53. The molecule has 9 heteroatoms. The molecule has 4 unspecified atom stereocenters. The number of carbonyl (C=O) groups excluding carboxylic acids is 1. The Morgan fingerprint density at radius 1 is 1.05 bits per heavy atom. The summed E-state index contributed by atoms with van der Waals surface area (Å²) in [7, 11) is 6.01. The SMILES string of the molecule is CCC1(S(=O)[O-])NC(=O)c2ccc3c(C4CCCCC4)c4n(c3c2)CC(CN(C)C(C)N1C)N(C)c1ccccc1-4. The maximum Gasteiger partial charge on any atom is 0.253 e. The molecule has 0 saturated heterocycles. The molecule has 1 aliphatic carbocycles. The molecule has 1 N–H and O–H groups in total. The molecule has 1 saturated carbocycles. The molecule has 0 radical (unpaired) electrons. The van der Waals surface area contributed by atoms with Crippen molar-refractivity contribution in [1.82, 2.24) is 19.7 Å². The number of hydrogen-bond acceptors (Lipinski definition) is 6. The fourth-order valence-corrected chi connectivity index (χ4v) is 8.33. The van der Waals surface area contributed by atoms with E-state index in [1.54, 1.807) is 18.9 Å². The standard InChI is InChI=1S/C32H43N5O3S/c1-6-32(41(39)40)33-31(38)23-16-17-25-28(18-23)37-20-24(19-34(3)21(2)36(32)5)35(4)27-15-11-10-14-26(27)30(37)29(25)22-12-8-7-9-13-22/h10-11,14-18,21-22,24H,6-9,12-13,19-20H2,1-5H3,(H,33,38)(H,39,40)/p-1. The van der Waals surface area contributed by atoms with Gasteiger partial charge in [-0.25, -0.2) is 0 Å². The Morgan fingerprint density at radius 3 is 2.49 bits per heavy atom. The lowest BCUT2D eigenvalue weighted by molar-refractivity contribution is 0.0198. The number of benzene rings is 2. The van der Waals surface area contributed by atoms with Gasteiger partial charge in [-0.3, -0.25) is 18.8 Å². The van der Waals surface area contributed by atoms with Crippen molar-refractivity contribution >= 4 is 33.6 Å². The van der Waals surface area contributed by atoms with Crippen LogP contribution in [0.2, 0.25) is 0 Å². The monoisotopic (exact) mass is 576 g/mol. The van der Waals surface area contributed by atoms with Gasteiger partial charge in [-0.2, -0.15) is 0 Å². The summed E-state index contributed by atoms with van der Waals surface area (Å²) in [5.41, 5.74) is 6.67. The predicted molar refractivity (Wildman–Crippen MR) is 165 cm³/mol. The van der Waals surface area contributed by atoms with Crippen molar-refractivity contribution in [2.24, 2.45) is 0 Å². The van der Waals surface area contributed by atoms with Crippen LogP contribution in [0.4, 0.5) is 5.69 Å². The van der Waals surface area contributed by atoms with E-state index in [4.69, 9.17) is 0 Å². The third-order valence-corrected chi connectivity index (χ3v) is 11.4. The van der Waals surface area contributed by atoms with Gasteiger partial charge in [0.1, 0.15) is 0 Å². The second kappa shape index (κ2) is 10.8. The third-order valence-electron chi connectivity index (χ3n) is 10.2. The summed E-state index contributed by atoms with van der Waals surface area (Å²) in [6, 6.07) is 14.8. The Kier molecular flexibility index (Phi) is 7.51. The molecule has 41 heavy (non-hydrogen) atoms. The number of likely N-dealkylation sites (N-methyl/N-ethyl adjacent to an activating group) is 2. The van der Waals surface area contributed by atoms with Gasteiger partial charge in [0, 0.05) is 47.9 Å². The quantitative estimate of drug-likeness (QED) is 0.439. The molecular formula is C32H42N5O3S-. The highest BCUT2D eigenvalue weighted by Crippen LogP contribution is 2.48. The number of fused-ring (bicyclic) bond motifs is 4. The zero-order valence-corrected chi connectivity index (χ0v) is 25.7. The summed E-state index contributed by atoms with van der Waals surface area (Å²) >= 11 is -2.58. The molecule has 4 bridgehead atoms. The van der Waals surface area contributed by atoms with Crippen LogP contribution in [0.3, 0.4) is 0 Å². The largest absolute Gasteiger partial charge is 0.770 e. The fraction of sp³-hybridized carbons (Fsp3) is 0.531. The van der Waals surface area contributed by atoms with Gasteiger partial charge in [-0.15, -0.1) is 0 Å². The van der Waals surface area contributed by atoms with Crippen LogP contribution < -0.4 is 10.2 Å². The molecule has 8 nitrogen and oxygen atoms in total. The van der Waals surface area contributed by atoms with Crippen molar-refractivity contribution < 1.29 is 13.6 Å². The van der Waals surface area contributed by atoms with Crippen molar-refractivity contribution in [1.29, 1.82) is 0 Å². The molecule has 1 fully saturated rings. The Balaban J connectivity index is 1.64. The van der Waals surface area contributed by atoms with E-state index >= 15 is 0 Å². The zero-order valence-electron chi connectivity index (χ0n) is 24.9. The third kappa shape index (κ3) is 4.52. The van der Waals surface area contributed by atoms with Gasteiger partial charge >= 0.3 is 0 Å². The maximum absolute atomic E-state index is 13.8. The van der Waals surface area contributed by atoms with E-state index in [0.29, 0.717) is 18.0 Å². The zero-order chi connectivity index (χ0) is 29.1. The summed E-state index contributed by atoms with van der Waals surface area (Å²) in [6.45, 7) is 5.30. The van der Waals surface area contributed by atoms with E-state index < -0.39 is 16.1 Å². The predicted octanol–water partition coefficient (Wildman–Crippen LogP) is 5.07. The highest BCUT2D eigenvalue weighted by Gasteiger charge is 2.41. The van der Waals surface area contributed by atoms with Crippen LogP contribution in [0, 0.1) is 0 Å². The average molecular weight is 577 g/mol. The molecule has 6 rings (SSSR count). The Morgan fingerprint density at radius 2 is 1.78 bits per heavy atom. The minimum Gasteiger partial charge on any atom is -0.770 e.